The summed E-state index contributed by atoms with van der Waals surface area (Å²) in [5, 5.41) is 31.5. The fraction of sp³-hybridized carbons (Fsp3) is 0.303. The predicted molar refractivity (Wildman–Crippen MR) is 176 cm³/mol. The molecule has 0 fully saturated rings. The largest absolute Gasteiger partial charge is 0.490 e. The van der Waals surface area contributed by atoms with Gasteiger partial charge in [0.2, 0.25) is 11.8 Å². The van der Waals surface area contributed by atoms with Gasteiger partial charge in [0, 0.05) is 17.1 Å². The van der Waals surface area contributed by atoms with Gasteiger partial charge in [-0.1, -0.05) is 78.3 Å². The number of carboxylic acid groups (broad SMARTS) is 2. The number of halogens is 7. The van der Waals surface area contributed by atoms with Crippen molar-refractivity contribution < 1.29 is 55.7 Å². The number of nitrogens with one attached hydrogen (secondary N) is 4. The first kappa shape index (κ1) is 43.9. The summed E-state index contributed by atoms with van der Waals surface area (Å²) in [5.41, 5.74) is 9.26. The highest BCUT2D eigenvalue weighted by molar-refractivity contribution is 6.30. The Balaban J connectivity index is 0.000000780. The van der Waals surface area contributed by atoms with Gasteiger partial charge in [-0.25, -0.2) is 9.59 Å². The van der Waals surface area contributed by atoms with Crippen LogP contribution in [0.25, 0.3) is 0 Å². The lowest BCUT2D eigenvalue weighted by molar-refractivity contribution is -0.193. The van der Waals surface area contributed by atoms with Crippen LogP contribution in [0.1, 0.15) is 35.6 Å². The van der Waals surface area contributed by atoms with E-state index in [0.717, 1.165) is 29.5 Å². The van der Waals surface area contributed by atoms with E-state index in [1.54, 1.807) is 19.1 Å². The number of carbonyl (C=O) groups is 4. The normalized spacial score (nSPS) is 12.1. The summed E-state index contributed by atoms with van der Waals surface area (Å²) in [5.74, 6) is -6.00. The molecular formula is C33H36ClF6N5O6. The highest BCUT2D eigenvalue weighted by atomic mass is 35.5. The summed E-state index contributed by atoms with van der Waals surface area (Å²) in [7, 11) is 0. The van der Waals surface area contributed by atoms with Gasteiger partial charge in [0.25, 0.3) is 0 Å². The lowest BCUT2D eigenvalue weighted by Crippen LogP contribution is -2.52. The number of aliphatic carboxylic acids is 2. The number of aryl methyl sites for hydroxylation is 1. The van der Waals surface area contributed by atoms with Gasteiger partial charge in [0.15, 0.2) is 0 Å². The minimum atomic E-state index is -5.08. The molecule has 8 N–H and O–H groups in total. The molecule has 278 valence electrons. The molecule has 3 aromatic rings. The third-order valence-electron chi connectivity index (χ3n) is 6.57. The van der Waals surface area contributed by atoms with Crippen molar-refractivity contribution in [1.82, 2.24) is 16.0 Å². The molecule has 0 aliphatic heterocycles. The molecule has 2 amide bonds. The molecule has 18 heteroatoms. The van der Waals surface area contributed by atoms with Gasteiger partial charge >= 0.3 is 24.3 Å². The van der Waals surface area contributed by atoms with Crippen LogP contribution in [-0.4, -0.2) is 70.8 Å². The van der Waals surface area contributed by atoms with Gasteiger partial charge in [0.1, 0.15) is 11.9 Å². The highest BCUT2D eigenvalue weighted by Crippen LogP contribution is 2.14. The fourth-order valence-electron chi connectivity index (χ4n) is 3.85. The van der Waals surface area contributed by atoms with Crippen LogP contribution in [-0.2, 0) is 38.6 Å². The van der Waals surface area contributed by atoms with Crippen molar-refractivity contribution in [3.05, 3.63) is 106 Å². The first-order chi connectivity index (χ1) is 23.7. The van der Waals surface area contributed by atoms with Crippen molar-refractivity contribution in [3.8, 4) is 0 Å². The number of hydrogen-bond donors (Lipinski definition) is 7. The third kappa shape index (κ3) is 18.4. The summed E-state index contributed by atoms with van der Waals surface area (Å²) >= 11 is 5.97. The maximum atomic E-state index is 13.1. The molecule has 0 heterocycles. The van der Waals surface area contributed by atoms with E-state index in [1.807, 2.05) is 66.7 Å². The average Bonchev–Trinajstić information content (AvgIpc) is 3.06. The lowest BCUT2D eigenvalue weighted by atomic mass is 10.0. The number of alkyl halides is 6. The molecule has 0 saturated heterocycles. The summed E-state index contributed by atoms with van der Waals surface area (Å²) in [6.07, 6.45) is -8.07. The molecule has 3 rings (SSSR count). The first-order valence-corrected chi connectivity index (χ1v) is 15.2. The van der Waals surface area contributed by atoms with Crippen LogP contribution >= 0.6 is 11.6 Å². The molecule has 0 radical (unpaired) electrons. The smallest absolute Gasteiger partial charge is 0.475 e. The van der Waals surface area contributed by atoms with Crippen LogP contribution in [0.2, 0.25) is 5.02 Å². The number of amidine groups is 1. The van der Waals surface area contributed by atoms with Crippen LogP contribution in [0, 0.1) is 5.41 Å². The zero-order chi connectivity index (χ0) is 38.8. The number of benzene rings is 3. The van der Waals surface area contributed by atoms with Gasteiger partial charge in [0.05, 0.1) is 6.04 Å². The maximum absolute atomic E-state index is 13.1. The Morgan fingerprint density at radius 1 is 0.765 bits per heavy atom. The summed E-state index contributed by atoms with van der Waals surface area (Å²) in [6.45, 7) is 2.60. The Hall–Kier alpha value is -5.16. The fourth-order valence-corrected chi connectivity index (χ4v) is 3.97. The van der Waals surface area contributed by atoms with E-state index in [9.17, 15) is 35.9 Å². The standard InChI is InChI=1S/C29H34ClN5O2.2C2HF3O2/c1-20(28(36)34-19-23-7-12-24(13-8-23)27(31)32)35-29(37)26(16-11-21-5-3-2-4-6-21)33-18-17-22-9-14-25(30)15-10-22;2*3-2(4,5)1(6)7/h2-10,12-15,20,26,33H,11,16-19H2,1H3,(H3,31,32)(H,34,36)(H,35,37);2*(H,6,7). The van der Waals surface area contributed by atoms with Gasteiger partial charge in [-0.3, -0.25) is 15.0 Å². The van der Waals surface area contributed by atoms with Crippen molar-refractivity contribution in [2.45, 2.75) is 57.2 Å². The SMILES string of the molecule is CC(NC(=O)C(CCc1ccccc1)NCCc1ccc(Cl)cc1)C(=O)NCc1ccc(C(=N)N)cc1.O=C(O)C(F)(F)F.O=C(O)C(F)(F)F. The van der Waals surface area contributed by atoms with E-state index in [2.05, 4.69) is 16.0 Å². The quantitative estimate of drug-likeness (QED) is 0.0733. The molecule has 2 unspecified atom stereocenters. The second-order valence-corrected chi connectivity index (χ2v) is 11.0. The number of carboxylic acids is 2. The Bertz CT molecular complexity index is 1550. The number of nitrogen functional groups attached to an aromatic ring is 1. The van der Waals surface area contributed by atoms with E-state index in [4.69, 9.17) is 42.5 Å². The molecule has 2 atom stereocenters. The highest BCUT2D eigenvalue weighted by Gasteiger charge is 2.38. The Kier molecular flexibility index (Phi) is 18.2. The number of amides is 2. The molecule has 0 bridgehead atoms. The van der Waals surface area contributed by atoms with Crippen LogP contribution in [0.3, 0.4) is 0 Å². The molecule has 11 nitrogen and oxygen atoms in total. The zero-order valence-corrected chi connectivity index (χ0v) is 27.7. The third-order valence-corrected chi connectivity index (χ3v) is 6.82. The zero-order valence-electron chi connectivity index (χ0n) is 26.9. The van der Waals surface area contributed by atoms with Crippen LogP contribution < -0.4 is 21.7 Å². The maximum Gasteiger partial charge on any atom is 0.490 e. The van der Waals surface area contributed by atoms with Gasteiger partial charge in [-0.2, -0.15) is 26.3 Å². The van der Waals surface area contributed by atoms with E-state index in [0.29, 0.717) is 30.1 Å². The summed E-state index contributed by atoms with van der Waals surface area (Å²) in [6, 6.07) is 23.6. The van der Waals surface area contributed by atoms with Crippen LogP contribution in [0.5, 0.6) is 0 Å². The molecule has 3 aromatic carbocycles. The van der Waals surface area contributed by atoms with E-state index in [-0.39, 0.29) is 17.6 Å². The van der Waals surface area contributed by atoms with Crippen LogP contribution in [0.4, 0.5) is 26.3 Å². The minimum Gasteiger partial charge on any atom is -0.475 e. The van der Waals surface area contributed by atoms with E-state index in [1.165, 1.54) is 0 Å². The van der Waals surface area contributed by atoms with Gasteiger partial charge in [-0.05, 0) is 61.6 Å². The van der Waals surface area contributed by atoms with Crippen molar-refractivity contribution in [1.29, 1.82) is 5.41 Å². The van der Waals surface area contributed by atoms with Gasteiger partial charge in [-0.15, -0.1) is 0 Å². The average molecular weight is 748 g/mol. The molecule has 0 spiro atoms. The Morgan fingerprint density at radius 2 is 1.24 bits per heavy atom. The predicted octanol–water partition coefficient (Wildman–Crippen LogP) is 4.85. The second kappa shape index (κ2) is 21.1. The van der Waals surface area contributed by atoms with Crippen molar-refractivity contribution >= 4 is 41.2 Å². The molecule has 0 aromatic heterocycles. The van der Waals surface area contributed by atoms with Crippen molar-refractivity contribution in [2.75, 3.05) is 6.54 Å². The topological polar surface area (TPSA) is 195 Å². The number of hydrogen-bond acceptors (Lipinski definition) is 6. The van der Waals surface area contributed by atoms with Crippen molar-refractivity contribution in [2.24, 2.45) is 5.73 Å². The van der Waals surface area contributed by atoms with Gasteiger partial charge < -0.3 is 31.9 Å². The minimum absolute atomic E-state index is 0.00415. The summed E-state index contributed by atoms with van der Waals surface area (Å²) < 4.78 is 63.5. The molecule has 51 heavy (non-hydrogen) atoms. The Morgan fingerprint density at radius 3 is 1.71 bits per heavy atom. The van der Waals surface area contributed by atoms with Crippen molar-refractivity contribution in [3.63, 3.8) is 0 Å². The molecule has 0 saturated carbocycles. The first-order valence-electron chi connectivity index (χ1n) is 14.8. The number of carbonyl (C=O) groups excluding carboxylic acids is 2. The lowest BCUT2D eigenvalue weighted by Gasteiger charge is -2.21. The van der Waals surface area contributed by atoms with E-state index >= 15 is 0 Å². The molecule has 0 aliphatic carbocycles. The number of rotatable bonds is 13. The second-order valence-electron chi connectivity index (χ2n) is 10.6. The molecule has 0 aliphatic rings. The van der Waals surface area contributed by atoms with Crippen LogP contribution in [0.15, 0.2) is 78.9 Å². The summed E-state index contributed by atoms with van der Waals surface area (Å²) in [4.78, 5) is 43.6. The Labute approximate surface area is 293 Å². The van der Waals surface area contributed by atoms with E-state index < -0.39 is 36.4 Å². The molecular weight excluding hydrogens is 712 g/mol. The monoisotopic (exact) mass is 747 g/mol. The number of nitrogens with two attached hydrogens (primary N) is 1.